The number of hydrogen-bond donors (Lipinski definition) is 1. The van der Waals surface area contributed by atoms with Gasteiger partial charge in [0.25, 0.3) is 0 Å². The molecule has 23 heavy (non-hydrogen) atoms. The van der Waals surface area contributed by atoms with Crippen molar-refractivity contribution in [1.82, 2.24) is 5.32 Å². The first-order valence-electron chi connectivity index (χ1n) is 8.47. The molecule has 122 valence electrons. The molecule has 5 heteroatoms. The van der Waals surface area contributed by atoms with Crippen molar-refractivity contribution in [3.63, 3.8) is 0 Å². The molecule has 0 aromatic heterocycles. The van der Waals surface area contributed by atoms with Crippen LogP contribution in [0.4, 0.5) is 0 Å². The first kappa shape index (κ1) is 19.0. The van der Waals surface area contributed by atoms with Crippen LogP contribution < -0.4 is 5.32 Å². The van der Waals surface area contributed by atoms with Gasteiger partial charge in [0.05, 0.1) is 24.3 Å². The average molecular weight is 311 g/mol. The predicted molar refractivity (Wildman–Crippen MR) is 86.2 cm³/mol. The van der Waals surface area contributed by atoms with Gasteiger partial charge in [-0.15, -0.1) is 0 Å². The molecule has 0 aromatic carbocycles. The fourth-order valence-corrected chi connectivity index (χ4v) is 4.12. The fraction of sp³-hybridized carbons (Fsp3) is 0.778. The highest BCUT2D eigenvalue weighted by Crippen LogP contribution is 2.60. The smallest absolute Gasteiger partial charge is 0.190 e. The van der Waals surface area contributed by atoms with Crippen molar-refractivity contribution in [3.8, 4) is 24.3 Å². The fourth-order valence-electron chi connectivity index (χ4n) is 4.12. The zero-order valence-electron chi connectivity index (χ0n) is 14.3. The third-order valence-electron chi connectivity index (χ3n) is 5.26. The van der Waals surface area contributed by atoms with Crippen molar-refractivity contribution < 1.29 is 0 Å². The zero-order chi connectivity index (χ0) is 17.5. The molecule has 5 nitrogen and oxygen atoms in total. The molecule has 0 amide bonds. The largest absolute Gasteiger partial charge is 0.311 e. The molecule has 0 heterocycles. The van der Waals surface area contributed by atoms with Crippen LogP contribution in [0.5, 0.6) is 0 Å². The summed E-state index contributed by atoms with van der Waals surface area (Å²) in [6, 6.07) is 7.91. The summed E-state index contributed by atoms with van der Waals surface area (Å²) < 4.78 is 0. The molecule has 3 atom stereocenters. The monoisotopic (exact) mass is 311 g/mol. The summed E-state index contributed by atoms with van der Waals surface area (Å²) in [5, 5.41) is 42.6. The van der Waals surface area contributed by atoms with Crippen LogP contribution in [-0.4, -0.2) is 12.6 Å². The topological polar surface area (TPSA) is 107 Å². The Balaban J connectivity index is 3.49. The maximum atomic E-state index is 9.83. The van der Waals surface area contributed by atoms with Crippen molar-refractivity contribution in [2.75, 3.05) is 6.54 Å². The van der Waals surface area contributed by atoms with E-state index in [1.54, 1.807) is 0 Å². The lowest BCUT2D eigenvalue weighted by atomic mass is 9.63. The number of unbranched alkanes of at least 4 members (excludes halogenated alkanes) is 1. The zero-order valence-corrected chi connectivity index (χ0v) is 14.3. The molecule has 1 aliphatic carbocycles. The molecule has 0 radical (unpaired) electrons. The Morgan fingerprint density at radius 2 is 1.43 bits per heavy atom. The number of rotatable bonds is 7. The van der Waals surface area contributed by atoms with E-state index in [0.29, 0.717) is 13.0 Å². The molecule has 0 spiro atoms. The highest BCUT2D eigenvalue weighted by molar-refractivity contribution is 5.43. The molecule has 1 fully saturated rings. The van der Waals surface area contributed by atoms with Crippen LogP contribution in [0.1, 0.15) is 52.9 Å². The van der Waals surface area contributed by atoms with Gasteiger partial charge in [-0.05, 0) is 31.2 Å². The van der Waals surface area contributed by atoms with Crippen LogP contribution >= 0.6 is 0 Å². The van der Waals surface area contributed by atoms with E-state index < -0.39 is 16.9 Å². The maximum Gasteiger partial charge on any atom is 0.190 e. The Morgan fingerprint density at radius 1 is 0.870 bits per heavy atom. The Labute approximate surface area is 139 Å². The Bertz CT molecular complexity index is 540. The first-order valence-corrected chi connectivity index (χ1v) is 8.47. The van der Waals surface area contributed by atoms with Gasteiger partial charge in [-0.25, -0.2) is 0 Å². The molecule has 0 aromatic rings. The van der Waals surface area contributed by atoms with Crippen LogP contribution in [0, 0.1) is 68.0 Å². The van der Waals surface area contributed by atoms with Gasteiger partial charge < -0.3 is 5.32 Å². The van der Waals surface area contributed by atoms with Gasteiger partial charge in [-0.2, -0.15) is 21.0 Å². The summed E-state index contributed by atoms with van der Waals surface area (Å²) in [7, 11) is 0. The van der Waals surface area contributed by atoms with E-state index in [9.17, 15) is 21.0 Å². The van der Waals surface area contributed by atoms with E-state index in [0.717, 1.165) is 25.7 Å². The molecule has 0 bridgehead atoms. The number of nitrogens with one attached hydrogen (secondary N) is 1. The van der Waals surface area contributed by atoms with Crippen molar-refractivity contribution in [1.29, 1.82) is 21.0 Å². The van der Waals surface area contributed by atoms with Crippen molar-refractivity contribution in [2.24, 2.45) is 22.7 Å². The van der Waals surface area contributed by atoms with E-state index >= 15 is 0 Å². The maximum absolute atomic E-state index is 9.83. The molecule has 1 rings (SSSR count). The first-order chi connectivity index (χ1) is 11.1. The van der Waals surface area contributed by atoms with Crippen LogP contribution in [0.3, 0.4) is 0 Å². The molecule has 0 unspecified atom stereocenters. The van der Waals surface area contributed by atoms with Crippen molar-refractivity contribution in [3.05, 3.63) is 0 Å². The predicted octanol–water partition coefficient (Wildman–Crippen LogP) is 3.27. The minimum Gasteiger partial charge on any atom is -0.311 e. The molecule has 1 N–H and O–H groups in total. The second kappa shape index (κ2) is 7.97. The van der Waals surface area contributed by atoms with Crippen LogP contribution in [0.15, 0.2) is 0 Å². The van der Waals surface area contributed by atoms with Gasteiger partial charge >= 0.3 is 0 Å². The lowest BCUT2D eigenvalue weighted by Crippen LogP contribution is -2.49. The molecular weight excluding hydrogens is 286 g/mol. The van der Waals surface area contributed by atoms with Gasteiger partial charge in [-0.3, -0.25) is 0 Å². The summed E-state index contributed by atoms with van der Waals surface area (Å²) >= 11 is 0. The third kappa shape index (κ3) is 2.67. The summed E-state index contributed by atoms with van der Waals surface area (Å²) in [4.78, 5) is 0. The van der Waals surface area contributed by atoms with Gasteiger partial charge in [0.2, 0.25) is 0 Å². The molecule has 0 aliphatic heterocycles. The summed E-state index contributed by atoms with van der Waals surface area (Å²) in [5.41, 5.74) is -3.19. The second-order valence-corrected chi connectivity index (χ2v) is 6.32. The Morgan fingerprint density at radius 3 is 1.83 bits per heavy atom. The molecule has 0 saturated heterocycles. The molecule has 1 saturated carbocycles. The minimum atomic E-state index is -1.62. The quantitative estimate of drug-likeness (QED) is 0.726. The summed E-state index contributed by atoms with van der Waals surface area (Å²) in [6.07, 6.45) is 4.18. The van der Waals surface area contributed by atoms with Crippen LogP contribution in [0.2, 0.25) is 0 Å². The Kier molecular flexibility index (Phi) is 6.57. The van der Waals surface area contributed by atoms with E-state index in [1.165, 1.54) is 0 Å². The average Bonchev–Trinajstić information content (AvgIpc) is 2.81. The highest BCUT2D eigenvalue weighted by atomic mass is 15.0. The molecular formula is C18H25N5. The van der Waals surface area contributed by atoms with Gasteiger partial charge in [0, 0.05) is 6.04 Å². The molecule has 1 aliphatic rings. The SMILES string of the molecule is CCCCN[C@H]1[C@H](CC)[C@@H](CCC)C(C#N)(C#N)C1(C#N)C#N. The second-order valence-electron chi connectivity index (χ2n) is 6.32. The highest BCUT2D eigenvalue weighted by Gasteiger charge is 2.71. The number of nitriles is 4. The lowest BCUT2D eigenvalue weighted by molar-refractivity contribution is 0.238. The van der Waals surface area contributed by atoms with E-state index in [2.05, 4.69) is 36.5 Å². The summed E-state index contributed by atoms with van der Waals surface area (Å²) in [6.45, 7) is 6.77. The van der Waals surface area contributed by atoms with Crippen molar-refractivity contribution in [2.45, 2.75) is 58.9 Å². The van der Waals surface area contributed by atoms with Gasteiger partial charge in [-0.1, -0.05) is 40.0 Å². The van der Waals surface area contributed by atoms with E-state index in [-0.39, 0.29) is 11.8 Å². The standard InChI is InChI=1S/C18H25N5/c1-4-7-9-23-16-14(6-3)15(8-5-2)17(10-19,11-20)18(16,12-21)13-22/h14-16,23H,4-9H2,1-3H3/t14-,15-,16+/m1/s1. The number of nitrogens with zero attached hydrogens (tertiary/aromatic N) is 4. The van der Waals surface area contributed by atoms with E-state index in [4.69, 9.17) is 0 Å². The lowest BCUT2D eigenvalue weighted by Gasteiger charge is -2.31. The normalized spacial score (nSPS) is 27.3. The van der Waals surface area contributed by atoms with Crippen LogP contribution in [0.25, 0.3) is 0 Å². The van der Waals surface area contributed by atoms with Gasteiger partial charge in [0.15, 0.2) is 10.8 Å². The minimum absolute atomic E-state index is 0.0228. The van der Waals surface area contributed by atoms with E-state index in [1.807, 2.05) is 13.8 Å². The van der Waals surface area contributed by atoms with Crippen molar-refractivity contribution >= 4 is 0 Å². The van der Waals surface area contributed by atoms with Gasteiger partial charge in [0.1, 0.15) is 0 Å². The summed E-state index contributed by atoms with van der Waals surface area (Å²) in [5.74, 6) is -0.281. The third-order valence-corrected chi connectivity index (χ3v) is 5.26. The van der Waals surface area contributed by atoms with Crippen LogP contribution in [-0.2, 0) is 0 Å². The number of hydrogen-bond acceptors (Lipinski definition) is 5. The Hall–Kier alpha value is -2.08.